The number of amides is 1. The molecule has 1 amide bonds. The molecule has 3 heterocycles. The van der Waals surface area contributed by atoms with E-state index in [4.69, 9.17) is 33.7 Å². The van der Waals surface area contributed by atoms with Crippen molar-refractivity contribution in [2.75, 3.05) is 6.61 Å². The number of amidine groups is 1. The van der Waals surface area contributed by atoms with Crippen LogP contribution >= 0.6 is 23.2 Å². The van der Waals surface area contributed by atoms with Crippen LogP contribution in [0.5, 0.6) is 5.75 Å². The number of nitrogens with one attached hydrogen (secondary N) is 1. The Morgan fingerprint density at radius 3 is 2.86 bits per heavy atom. The minimum Gasteiger partial charge on any atom is -0.493 e. The van der Waals surface area contributed by atoms with Gasteiger partial charge in [0.1, 0.15) is 17.3 Å². The van der Waals surface area contributed by atoms with Crippen molar-refractivity contribution >= 4 is 40.7 Å². The van der Waals surface area contributed by atoms with Gasteiger partial charge in [0.05, 0.1) is 22.4 Å². The van der Waals surface area contributed by atoms with Crippen LogP contribution in [-0.4, -0.2) is 29.0 Å². The molecule has 0 aliphatic carbocycles. The number of nitrogens with two attached hydrogens (primary N) is 1. The molecule has 28 heavy (non-hydrogen) atoms. The summed E-state index contributed by atoms with van der Waals surface area (Å²) in [6.07, 6.45) is 1.99. The van der Waals surface area contributed by atoms with Crippen LogP contribution in [0, 0.1) is 0 Å². The van der Waals surface area contributed by atoms with Crippen molar-refractivity contribution in [1.82, 2.24) is 10.3 Å². The van der Waals surface area contributed by atoms with Gasteiger partial charge >= 0.3 is 0 Å². The molecule has 1 aromatic heterocycles. The van der Waals surface area contributed by atoms with Gasteiger partial charge in [0.2, 0.25) is 0 Å². The Hall–Kier alpha value is -2.64. The quantitative estimate of drug-likeness (QED) is 0.800. The molecule has 0 bridgehead atoms. The molecule has 1 spiro atoms. The highest BCUT2D eigenvalue weighted by molar-refractivity contribution is 6.41. The fourth-order valence-electron chi connectivity index (χ4n) is 3.28. The molecule has 1 aromatic carbocycles. The van der Waals surface area contributed by atoms with Crippen LogP contribution in [0.15, 0.2) is 40.4 Å². The van der Waals surface area contributed by atoms with E-state index in [1.54, 1.807) is 0 Å². The third-order valence-corrected chi connectivity index (χ3v) is 5.18. The highest BCUT2D eigenvalue weighted by Crippen LogP contribution is 2.43. The Morgan fingerprint density at radius 1 is 1.32 bits per heavy atom. The number of nitrogens with zero attached hydrogens (tertiary/aromatic N) is 3. The normalized spacial score (nSPS) is 20.2. The summed E-state index contributed by atoms with van der Waals surface area (Å²) in [5, 5.41) is 3.38. The molecule has 2 aromatic rings. The van der Waals surface area contributed by atoms with Crippen LogP contribution in [0.1, 0.15) is 35.0 Å². The van der Waals surface area contributed by atoms with Gasteiger partial charge in [-0.3, -0.25) is 9.79 Å². The summed E-state index contributed by atoms with van der Waals surface area (Å²) in [5.74, 6) is 0.774. The van der Waals surface area contributed by atoms with Crippen LogP contribution < -0.4 is 15.8 Å². The standard InChI is InChI=1S/C19H17Cl2N5O2/c1-10-17(22)26-19(25-10)4-5-28-15-3-2-11(6-13(15)19)8-24-18(27)16-14(21)7-12(20)9-23-16/h2-3,6-7,9H,4-5,8H2,1H3,(H2,22,26)(H,24,27). The monoisotopic (exact) mass is 417 g/mol. The van der Waals surface area contributed by atoms with Crippen LogP contribution in [-0.2, 0) is 12.2 Å². The number of aromatic nitrogens is 1. The smallest absolute Gasteiger partial charge is 0.271 e. The van der Waals surface area contributed by atoms with E-state index in [1.807, 2.05) is 25.1 Å². The highest BCUT2D eigenvalue weighted by atomic mass is 35.5. The summed E-state index contributed by atoms with van der Waals surface area (Å²) in [4.78, 5) is 25.7. The molecule has 1 unspecified atom stereocenters. The maximum absolute atomic E-state index is 12.4. The molecule has 3 N–H and O–H groups in total. The summed E-state index contributed by atoms with van der Waals surface area (Å²) in [6, 6.07) is 7.16. The average molecular weight is 418 g/mol. The van der Waals surface area contributed by atoms with Crippen molar-refractivity contribution in [3.8, 4) is 5.75 Å². The second-order valence-corrected chi connectivity index (χ2v) is 7.45. The second kappa shape index (κ2) is 7.07. The van der Waals surface area contributed by atoms with E-state index in [-0.39, 0.29) is 23.2 Å². The van der Waals surface area contributed by atoms with Crippen molar-refractivity contribution in [3.63, 3.8) is 0 Å². The molecule has 0 saturated heterocycles. The van der Waals surface area contributed by atoms with Gasteiger partial charge in [-0.1, -0.05) is 29.3 Å². The molecule has 9 heteroatoms. The number of rotatable bonds is 3. The van der Waals surface area contributed by atoms with Crippen LogP contribution in [0.3, 0.4) is 0 Å². The molecule has 0 saturated carbocycles. The summed E-state index contributed by atoms with van der Waals surface area (Å²) >= 11 is 11.9. The number of carbonyl (C=O) groups is 1. The Balaban J connectivity index is 1.57. The summed E-state index contributed by atoms with van der Waals surface area (Å²) in [6.45, 7) is 2.64. The number of fused-ring (bicyclic) bond motifs is 2. The molecule has 2 aliphatic heterocycles. The first-order chi connectivity index (χ1) is 13.4. The third-order valence-electron chi connectivity index (χ3n) is 4.69. The maximum atomic E-state index is 12.4. The lowest BCUT2D eigenvalue weighted by Crippen LogP contribution is -2.29. The van der Waals surface area contributed by atoms with Crippen molar-refractivity contribution in [2.24, 2.45) is 15.7 Å². The largest absolute Gasteiger partial charge is 0.493 e. The van der Waals surface area contributed by atoms with Gasteiger partial charge in [-0.25, -0.2) is 9.98 Å². The van der Waals surface area contributed by atoms with Gasteiger partial charge in [0.15, 0.2) is 5.66 Å². The van der Waals surface area contributed by atoms with Gasteiger partial charge in [0.25, 0.3) is 5.91 Å². The van der Waals surface area contributed by atoms with E-state index in [1.165, 1.54) is 12.3 Å². The van der Waals surface area contributed by atoms with E-state index in [2.05, 4.69) is 20.3 Å². The van der Waals surface area contributed by atoms with Gasteiger partial charge in [-0.15, -0.1) is 0 Å². The van der Waals surface area contributed by atoms with Crippen LogP contribution in [0.25, 0.3) is 0 Å². The van der Waals surface area contributed by atoms with E-state index < -0.39 is 5.66 Å². The predicted molar refractivity (Wildman–Crippen MR) is 108 cm³/mol. The van der Waals surface area contributed by atoms with Crippen LogP contribution in [0.2, 0.25) is 10.0 Å². The lowest BCUT2D eigenvalue weighted by Gasteiger charge is -2.31. The summed E-state index contributed by atoms with van der Waals surface area (Å²) in [7, 11) is 0. The van der Waals surface area contributed by atoms with E-state index in [0.29, 0.717) is 23.9 Å². The minimum atomic E-state index is -0.747. The third kappa shape index (κ3) is 3.31. The lowest BCUT2D eigenvalue weighted by atomic mass is 9.92. The minimum absolute atomic E-state index is 0.122. The molecule has 4 rings (SSSR count). The molecule has 1 atom stereocenters. The maximum Gasteiger partial charge on any atom is 0.271 e. The van der Waals surface area contributed by atoms with Crippen molar-refractivity contribution in [1.29, 1.82) is 0 Å². The first-order valence-corrected chi connectivity index (χ1v) is 9.41. The Bertz CT molecular complexity index is 1020. The molecular formula is C19H17Cl2N5O2. The summed E-state index contributed by atoms with van der Waals surface area (Å²) < 4.78 is 5.75. The fraction of sp³-hybridized carbons (Fsp3) is 0.263. The molecule has 0 fully saturated rings. The Morgan fingerprint density at radius 2 is 2.14 bits per heavy atom. The topological polar surface area (TPSA) is 102 Å². The highest BCUT2D eigenvalue weighted by Gasteiger charge is 2.41. The molecule has 0 radical (unpaired) electrons. The number of aliphatic imine (C=N–C) groups is 2. The van der Waals surface area contributed by atoms with E-state index >= 15 is 0 Å². The molecule has 144 valence electrons. The van der Waals surface area contributed by atoms with Gasteiger partial charge in [0, 0.05) is 24.7 Å². The Labute approximate surface area is 171 Å². The number of hydrogen-bond donors (Lipinski definition) is 2. The SMILES string of the molecule is CC1=NC2(CCOc3ccc(CNC(=O)c4ncc(Cl)cc4Cl)cc32)N=C1N. The van der Waals surface area contributed by atoms with Crippen molar-refractivity contribution in [3.05, 3.63) is 57.3 Å². The first kappa shape index (κ1) is 18.7. The fourth-order valence-corrected chi connectivity index (χ4v) is 3.75. The average Bonchev–Trinajstić information content (AvgIpc) is 2.94. The molecule has 7 nitrogen and oxygen atoms in total. The number of carbonyl (C=O) groups excluding carboxylic acids is 1. The van der Waals surface area contributed by atoms with Gasteiger partial charge in [-0.2, -0.15) is 0 Å². The lowest BCUT2D eigenvalue weighted by molar-refractivity contribution is 0.0946. The Kier molecular flexibility index (Phi) is 4.72. The first-order valence-electron chi connectivity index (χ1n) is 8.65. The molecular weight excluding hydrogens is 401 g/mol. The van der Waals surface area contributed by atoms with Gasteiger partial charge in [-0.05, 0) is 30.7 Å². The summed E-state index contributed by atoms with van der Waals surface area (Å²) in [5.41, 5.74) is 7.76. The zero-order valence-corrected chi connectivity index (χ0v) is 16.5. The molecule has 2 aliphatic rings. The van der Waals surface area contributed by atoms with Crippen molar-refractivity contribution < 1.29 is 9.53 Å². The number of ether oxygens (including phenoxy) is 1. The number of pyridine rings is 1. The van der Waals surface area contributed by atoms with Crippen LogP contribution in [0.4, 0.5) is 0 Å². The number of benzene rings is 1. The zero-order valence-electron chi connectivity index (χ0n) is 15.0. The number of halogens is 2. The zero-order chi connectivity index (χ0) is 19.9. The second-order valence-electron chi connectivity index (χ2n) is 6.61. The van der Waals surface area contributed by atoms with Crippen molar-refractivity contribution in [2.45, 2.75) is 25.6 Å². The van der Waals surface area contributed by atoms with E-state index in [9.17, 15) is 4.79 Å². The van der Waals surface area contributed by atoms with Gasteiger partial charge < -0.3 is 15.8 Å². The van der Waals surface area contributed by atoms with E-state index in [0.717, 1.165) is 22.6 Å². The number of hydrogen-bond acceptors (Lipinski definition) is 6. The predicted octanol–water partition coefficient (Wildman–Crippen LogP) is 3.09.